The number of rotatable bonds is 3. The van der Waals surface area contributed by atoms with Crippen molar-refractivity contribution in [3.05, 3.63) is 38.3 Å². The molecule has 0 atom stereocenters. The minimum atomic E-state index is 0.375. The quantitative estimate of drug-likeness (QED) is 0.607. The highest BCUT2D eigenvalue weighted by Crippen LogP contribution is 2.11. The highest BCUT2D eigenvalue weighted by atomic mass is 127. The summed E-state index contributed by atoms with van der Waals surface area (Å²) in [6, 6.07) is 8.01. The van der Waals surface area contributed by atoms with E-state index in [0.717, 1.165) is 6.42 Å². The number of nitrogens with zero attached hydrogens (tertiary/aromatic N) is 1. The van der Waals surface area contributed by atoms with E-state index < -0.39 is 0 Å². The van der Waals surface area contributed by atoms with Gasteiger partial charge in [-0.25, -0.2) is 0 Å². The van der Waals surface area contributed by atoms with E-state index in [0.29, 0.717) is 6.54 Å². The second-order valence-electron chi connectivity index (χ2n) is 2.19. The molecule has 0 spiro atoms. The lowest BCUT2D eigenvalue weighted by atomic mass is 10.2. The van der Waals surface area contributed by atoms with E-state index in [1.165, 1.54) is 9.13 Å². The molecule has 0 fully saturated rings. The third kappa shape index (κ3) is 2.57. The molecule has 0 heterocycles. The van der Waals surface area contributed by atoms with Gasteiger partial charge in [-0.2, -0.15) is 4.91 Å². The van der Waals surface area contributed by atoms with Gasteiger partial charge in [-0.3, -0.25) is 0 Å². The Morgan fingerprint density at radius 3 is 2.73 bits per heavy atom. The van der Waals surface area contributed by atoms with Crippen LogP contribution >= 0.6 is 22.6 Å². The van der Waals surface area contributed by atoms with Crippen LogP contribution in [0.4, 0.5) is 0 Å². The highest BCUT2D eigenvalue weighted by Gasteiger charge is 1.96. The van der Waals surface area contributed by atoms with Gasteiger partial charge in [0.1, 0.15) is 0 Å². The summed E-state index contributed by atoms with van der Waals surface area (Å²) in [5.74, 6) is 0. The maximum atomic E-state index is 9.84. The molecule has 1 aromatic rings. The number of hydrogen-bond donors (Lipinski definition) is 0. The molecule has 0 aliphatic carbocycles. The number of hydrogen-bond acceptors (Lipinski definition) is 2. The molecule has 11 heavy (non-hydrogen) atoms. The van der Waals surface area contributed by atoms with Gasteiger partial charge in [0.15, 0.2) is 0 Å². The maximum absolute atomic E-state index is 9.84. The van der Waals surface area contributed by atoms with Gasteiger partial charge < -0.3 is 0 Å². The zero-order valence-electron chi connectivity index (χ0n) is 5.96. The van der Waals surface area contributed by atoms with Crippen molar-refractivity contribution < 1.29 is 0 Å². The number of halogens is 1. The third-order valence-electron chi connectivity index (χ3n) is 1.43. The summed E-state index contributed by atoms with van der Waals surface area (Å²) < 4.78 is 1.20. The van der Waals surface area contributed by atoms with Gasteiger partial charge in [-0.1, -0.05) is 23.4 Å². The smallest absolute Gasteiger partial charge is 0.0851 e. The van der Waals surface area contributed by atoms with Crippen molar-refractivity contribution in [3.8, 4) is 0 Å². The summed E-state index contributed by atoms with van der Waals surface area (Å²) in [7, 11) is 0. The average molecular weight is 261 g/mol. The Hall–Kier alpha value is -0.450. The highest BCUT2D eigenvalue weighted by molar-refractivity contribution is 14.1. The molecule has 0 radical (unpaired) electrons. The molecule has 1 aromatic carbocycles. The molecular weight excluding hydrogens is 253 g/mol. The minimum Gasteiger partial charge on any atom is -0.151 e. The van der Waals surface area contributed by atoms with Crippen molar-refractivity contribution in [2.45, 2.75) is 6.42 Å². The van der Waals surface area contributed by atoms with Gasteiger partial charge in [0.25, 0.3) is 0 Å². The van der Waals surface area contributed by atoms with E-state index in [1.54, 1.807) is 0 Å². The van der Waals surface area contributed by atoms with Crippen molar-refractivity contribution in [2.24, 2.45) is 5.18 Å². The Kier molecular flexibility index (Phi) is 3.48. The predicted octanol–water partition coefficient (Wildman–Crippen LogP) is 2.60. The Morgan fingerprint density at radius 2 is 2.09 bits per heavy atom. The lowest BCUT2D eigenvalue weighted by Gasteiger charge is -1.98. The van der Waals surface area contributed by atoms with Crippen molar-refractivity contribution >= 4 is 22.6 Å². The van der Waals surface area contributed by atoms with Crippen LogP contribution in [0.3, 0.4) is 0 Å². The van der Waals surface area contributed by atoms with E-state index in [-0.39, 0.29) is 0 Å². The molecule has 0 aromatic heterocycles. The van der Waals surface area contributed by atoms with E-state index >= 15 is 0 Å². The molecule has 0 saturated heterocycles. The summed E-state index contributed by atoms with van der Waals surface area (Å²) >= 11 is 2.26. The number of benzene rings is 1. The normalized spacial score (nSPS) is 9.55. The van der Waals surface area contributed by atoms with Crippen molar-refractivity contribution in [3.63, 3.8) is 0 Å². The first-order valence-electron chi connectivity index (χ1n) is 3.37. The summed E-state index contributed by atoms with van der Waals surface area (Å²) in [4.78, 5) is 9.84. The fourth-order valence-corrected chi connectivity index (χ4v) is 1.52. The first-order chi connectivity index (χ1) is 5.34. The molecule has 0 bridgehead atoms. The largest absolute Gasteiger partial charge is 0.151 e. The van der Waals surface area contributed by atoms with Gasteiger partial charge in [0.05, 0.1) is 6.54 Å². The maximum Gasteiger partial charge on any atom is 0.0851 e. The molecule has 3 heteroatoms. The predicted molar refractivity (Wildman–Crippen MR) is 53.5 cm³/mol. The van der Waals surface area contributed by atoms with E-state index in [4.69, 9.17) is 0 Å². The number of nitroso groups, excluding NO2 is 1. The molecule has 2 nitrogen and oxygen atoms in total. The molecule has 0 saturated carbocycles. The van der Waals surface area contributed by atoms with Crippen molar-refractivity contribution in [2.75, 3.05) is 6.54 Å². The van der Waals surface area contributed by atoms with E-state index in [1.807, 2.05) is 24.3 Å². The third-order valence-corrected chi connectivity index (χ3v) is 2.48. The van der Waals surface area contributed by atoms with Gasteiger partial charge in [0.2, 0.25) is 0 Å². The second kappa shape index (κ2) is 4.43. The zero-order chi connectivity index (χ0) is 8.10. The Bertz CT molecular complexity index is 250. The van der Waals surface area contributed by atoms with Crippen LogP contribution in [0.15, 0.2) is 29.4 Å². The van der Waals surface area contributed by atoms with Crippen LogP contribution in [-0.4, -0.2) is 6.54 Å². The summed E-state index contributed by atoms with van der Waals surface area (Å²) in [5, 5.41) is 2.82. The SMILES string of the molecule is O=NCCc1ccccc1I. The molecular formula is C8H8INO. The first-order valence-corrected chi connectivity index (χ1v) is 4.45. The van der Waals surface area contributed by atoms with Crippen molar-refractivity contribution in [1.82, 2.24) is 0 Å². The Balaban J connectivity index is 2.69. The average Bonchev–Trinajstić information content (AvgIpc) is 2.03. The monoisotopic (exact) mass is 261 g/mol. The zero-order valence-corrected chi connectivity index (χ0v) is 8.11. The molecule has 0 aliphatic rings. The fourth-order valence-electron chi connectivity index (χ4n) is 0.867. The summed E-state index contributed by atoms with van der Waals surface area (Å²) in [5.41, 5.74) is 1.20. The van der Waals surface area contributed by atoms with Crippen LogP contribution in [-0.2, 0) is 6.42 Å². The van der Waals surface area contributed by atoms with E-state index in [9.17, 15) is 4.91 Å². The van der Waals surface area contributed by atoms with Gasteiger partial charge in [0, 0.05) is 3.57 Å². The molecule has 0 unspecified atom stereocenters. The first kappa shape index (κ1) is 8.64. The second-order valence-corrected chi connectivity index (χ2v) is 3.36. The molecule has 0 amide bonds. The topological polar surface area (TPSA) is 29.4 Å². The van der Waals surface area contributed by atoms with Crippen LogP contribution in [0.1, 0.15) is 5.56 Å². The van der Waals surface area contributed by atoms with Crippen molar-refractivity contribution in [1.29, 1.82) is 0 Å². The lowest BCUT2D eigenvalue weighted by molar-refractivity contribution is 0.955. The molecule has 0 N–H and O–H groups in total. The summed E-state index contributed by atoms with van der Waals surface area (Å²) in [6.07, 6.45) is 0.753. The Morgan fingerprint density at radius 1 is 1.36 bits per heavy atom. The lowest BCUT2D eigenvalue weighted by Crippen LogP contribution is -1.91. The van der Waals surface area contributed by atoms with E-state index in [2.05, 4.69) is 27.8 Å². The van der Waals surface area contributed by atoms with Crippen LogP contribution in [0.25, 0.3) is 0 Å². The molecule has 0 aliphatic heterocycles. The van der Waals surface area contributed by atoms with Gasteiger partial charge in [-0.05, 0) is 40.6 Å². The fraction of sp³-hybridized carbons (Fsp3) is 0.250. The van der Waals surface area contributed by atoms with Gasteiger partial charge >= 0.3 is 0 Å². The summed E-state index contributed by atoms with van der Waals surface area (Å²) in [6.45, 7) is 0.375. The Labute approximate surface area is 79.1 Å². The van der Waals surface area contributed by atoms with Crippen LogP contribution in [0.5, 0.6) is 0 Å². The molecule has 1 rings (SSSR count). The van der Waals surface area contributed by atoms with Crippen LogP contribution in [0.2, 0.25) is 0 Å². The van der Waals surface area contributed by atoms with Crippen LogP contribution < -0.4 is 0 Å². The minimum absolute atomic E-state index is 0.375. The van der Waals surface area contributed by atoms with Crippen LogP contribution in [0, 0.1) is 8.48 Å². The molecule has 58 valence electrons. The van der Waals surface area contributed by atoms with Gasteiger partial charge in [-0.15, -0.1) is 0 Å². The standard InChI is InChI=1S/C8H8INO/c9-8-4-2-1-3-7(8)5-6-10-11/h1-4H,5-6H2.